The summed E-state index contributed by atoms with van der Waals surface area (Å²) in [5.74, 6) is 2.26. The second kappa shape index (κ2) is 3.36. The van der Waals surface area contributed by atoms with Crippen molar-refractivity contribution in [2.24, 2.45) is 5.73 Å². The van der Waals surface area contributed by atoms with Gasteiger partial charge in [-0.05, 0) is 19.8 Å². The molecule has 0 spiro atoms. The molecular weight excluding hydrogens is 198 g/mol. The Hall–Kier alpha value is -1.28. The number of allylic oxidation sites excluding steroid dienone is 1. The molecule has 1 aromatic rings. The van der Waals surface area contributed by atoms with Gasteiger partial charge in [-0.15, -0.1) is 0 Å². The fourth-order valence-corrected chi connectivity index (χ4v) is 2.45. The van der Waals surface area contributed by atoms with E-state index in [1.54, 1.807) is 0 Å². The standard InChI is InChI=1S/C14H17NO/c1-14(15)8-6-11-10-4-2-3-5-12(10)16-13(11)7-9-14/h2,4,6,8H,3,5,7,9,15H2,1H3. The molecule has 2 aliphatic rings. The minimum atomic E-state index is -0.202. The number of hydrogen-bond acceptors (Lipinski definition) is 2. The highest BCUT2D eigenvalue weighted by Crippen LogP contribution is 2.33. The molecule has 0 aromatic carbocycles. The lowest BCUT2D eigenvalue weighted by molar-refractivity contribution is 0.436. The summed E-state index contributed by atoms with van der Waals surface area (Å²) in [4.78, 5) is 0. The predicted molar refractivity (Wildman–Crippen MR) is 66.0 cm³/mol. The van der Waals surface area contributed by atoms with Gasteiger partial charge in [0.2, 0.25) is 0 Å². The first kappa shape index (κ1) is 9.91. The molecule has 0 radical (unpaired) electrons. The summed E-state index contributed by atoms with van der Waals surface area (Å²) in [6, 6.07) is 0. The average molecular weight is 215 g/mol. The largest absolute Gasteiger partial charge is 0.465 e. The minimum Gasteiger partial charge on any atom is -0.465 e. The Morgan fingerprint density at radius 2 is 1.94 bits per heavy atom. The Bertz CT molecular complexity index is 477. The van der Waals surface area contributed by atoms with E-state index in [1.807, 2.05) is 0 Å². The van der Waals surface area contributed by atoms with E-state index in [0.717, 1.165) is 37.2 Å². The summed E-state index contributed by atoms with van der Waals surface area (Å²) in [5, 5.41) is 0. The molecule has 0 aliphatic heterocycles. The van der Waals surface area contributed by atoms with Gasteiger partial charge in [-0.1, -0.05) is 24.3 Å². The van der Waals surface area contributed by atoms with Gasteiger partial charge in [0, 0.05) is 29.5 Å². The van der Waals surface area contributed by atoms with Crippen LogP contribution in [0.3, 0.4) is 0 Å². The Labute approximate surface area is 95.8 Å². The van der Waals surface area contributed by atoms with Gasteiger partial charge in [0.25, 0.3) is 0 Å². The van der Waals surface area contributed by atoms with Gasteiger partial charge in [0.1, 0.15) is 11.5 Å². The quantitative estimate of drug-likeness (QED) is 0.722. The van der Waals surface area contributed by atoms with Crippen LogP contribution < -0.4 is 5.73 Å². The second-order valence-electron chi connectivity index (χ2n) is 5.06. The summed E-state index contributed by atoms with van der Waals surface area (Å²) in [6.07, 6.45) is 12.7. The molecule has 1 heterocycles. The number of aryl methyl sites for hydroxylation is 2. The van der Waals surface area contributed by atoms with E-state index >= 15 is 0 Å². The molecule has 2 heteroatoms. The lowest BCUT2D eigenvalue weighted by Gasteiger charge is -2.17. The molecule has 2 aliphatic carbocycles. The topological polar surface area (TPSA) is 39.2 Å². The van der Waals surface area contributed by atoms with Gasteiger partial charge in [-0.2, -0.15) is 0 Å². The molecular formula is C14H17NO. The van der Waals surface area contributed by atoms with E-state index in [2.05, 4.69) is 31.2 Å². The molecule has 0 bridgehead atoms. The first-order chi connectivity index (χ1) is 7.66. The molecule has 0 fully saturated rings. The lowest BCUT2D eigenvalue weighted by atomic mass is 9.98. The number of fused-ring (bicyclic) bond motifs is 3. The first-order valence-electron chi connectivity index (χ1n) is 5.95. The normalized spacial score (nSPS) is 27.4. The van der Waals surface area contributed by atoms with Crippen LogP contribution in [-0.2, 0) is 12.8 Å². The molecule has 0 saturated heterocycles. The second-order valence-corrected chi connectivity index (χ2v) is 5.06. The van der Waals surface area contributed by atoms with Gasteiger partial charge in [0.15, 0.2) is 0 Å². The van der Waals surface area contributed by atoms with E-state index in [0.29, 0.717) is 0 Å². The van der Waals surface area contributed by atoms with Crippen LogP contribution in [0.4, 0.5) is 0 Å². The summed E-state index contributed by atoms with van der Waals surface area (Å²) in [6.45, 7) is 2.07. The van der Waals surface area contributed by atoms with E-state index in [4.69, 9.17) is 10.2 Å². The molecule has 16 heavy (non-hydrogen) atoms. The number of rotatable bonds is 0. The Morgan fingerprint density at radius 1 is 1.19 bits per heavy atom. The van der Waals surface area contributed by atoms with Crippen molar-refractivity contribution in [3.8, 4) is 0 Å². The van der Waals surface area contributed by atoms with Gasteiger partial charge in [-0.25, -0.2) is 0 Å². The van der Waals surface area contributed by atoms with Gasteiger partial charge in [0.05, 0.1) is 0 Å². The lowest BCUT2D eigenvalue weighted by Crippen LogP contribution is -2.33. The van der Waals surface area contributed by atoms with Crippen LogP contribution in [0.1, 0.15) is 42.4 Å². The zero-order chi connectivity index (χ0) is 11.2. The number of furan rings is 1. The summed E-state index contributed by atoms with van der Waals surface area (Å²) in [7, 11) is 0. The number of hydrogen-bond donors (Lipinski definition) is 1. The molecule has 0 amide bonds. The smallest absolute Gasteiger partial charge is 0.112 e. The molecule has 2 N–H and O–H groups in total. The maximum atomic E-state index is 6.15. The van der Waals surface area contributed by atoms with Crippen molar-refractivity contribution in [3.63, 3.8) is 0 Å². The Kier molecular flexibility index (Phi) is 2.08. The van der Waals surface area contributed by atoms with Crippen LogP contribution in [0.5, 0.6) is 0 Å². The zero-order valence-electron chi connectivity index (χ0n) is 9.62. The predicted octanol–water partition coefficient (Wildman–Crippen LogP) is 2.92. The summed E-state index contributed by atoms with van der Waals surface area (Å²) >= 11 is 0. The van der Waals surface area contributed by atoms with Crippen molar-refractivity contribution in [1.82, 2.24) is 0 Å². The van der Waals surface area contributed by atoms with E-state index in [9.17, 15) is 0 Å². The van der Waals surface area contributed by atoms with Crippen LogP contribution in [0, 0.1) is 0 Å². The maximum Gasteiger partial charge on any atom is 0.112 e. The zero-order valence-corrected chi connectivity index (χ0v) is 9.62. The SMILES string of the molecule is CC1(N)C=Cc2c(oc3c2C=CCC3)CC1. The highest BCUT2D eigenvalue weighted by atomic mass is 16.3. The maximum absolute atomic E-state index is 6.15. The van der Waals surface area contributed by atoms with Crippen LogP contribution >= 0.6 is 0 Å². The van der Waals surface area contributed by atoms with Crippen molar-refractivity contribution in [2.75, 3.05) is 0 Å². The fraction of sp³-hybridized carbons (Fsp3) is 0.429. The summed E-state index contributed by atoms with van der Waals surface area (Å²) < 4.78 is 5.94. The van der Waals surface area contributed by atoms with Crippen molar-refractivity contribution in [3.05, 3.63) is 34.8 Å². The third-order valence-corrected chi connectivity index (χ3v) is 3.48. The molecule has 84 valence electrons. The van der Waals surface area contributed by atoms with Crippen LogP contribution in [0.15, 0.2) is 16.6 Å². The fourth-order valence-electron chi connectivity index (χ4n) is 2.45. The average Bonchev–Trinajstić information content (AvgIpc) is 2.54. The van der Waals surface area contributed by atoms with Crippen molar-refractivity contribution >= 4 is 12.2 Å². The molecule has 3 rings (SSSR count). The highest BCUT2D eigenvalue weighted by molar-refractivity contribution is 5.70. The van der Waals surface area contributed by atoms with Gasteiger partial charge < -0.3 is 10.2 Å². The van der Waals surface area contributed by atoms with Crippen LogP contribution in [-0.4, -0.2) is 5.54 Å². The van der Waals surface area contributed by atoms with Gasteiger partial charge >= 0.3 is 0 Å². The molecule has 0 saturated carbocycles. The minimum absolute atomic E-state index is 0.202. The summed E-state index contributed by atoms with van der Waals surface area (Å²) in [5.41, 5.74) is 8.47. The van der Waals surface area contributed by atoms with Crippen LogP contribution in [0.2, 0.25) is 0 Å². The highest BCUT2D eigenvalue weighted by Gasteiger charge is 2.24. The Balaban J connectivity index is 2.10. The first-order valence-corrected chi connectivity index (χ1v) is 5.95. The van der Waals surface area contributed by atoms with Crippen LogP contribution in [0.25, 0.3) is 12.2 Å². The monoisotopic (exact) mass is 215 g/mol. The van der Waals surface area contributed by atoms with Crippen molar-refractivity contribution < 1.29 is 4.42 Å². The molecule has 1 unspecified atom stereocenters. The molecule has 1 atom stereocenters. The van der Waals surface area contributed by atoms with E-state index in [-0.39, 0.29) is 5.54 Å². The molecule has 2 nitrogen and oxygen atoms in total. The van der Waals surface area contributed by atoms with Crippen molar-refractivity contribution in [2.45, 2.75) is 38.1 Å². The third-order valence-electron chi connectivity index (χ3n) is 3.48. The van der Waals surface area contributed by atoms with E-state index in [1.165, 1.54) is 11.1 Å². The van der Waals surface area contributed by atoms with Crippen molar-refractivity contribution in [1.29, 1.82) is 0 Å². The van der Waals surface area contributed by atoms with Gasteiger partial charge in [-0.3, -0.25) is 0 Å². The molecule has 1 aromatic heterocycles. The Morgan fingerprint density at radius 3 is 2.81 bits per heavy atom. The van der Waals surface area contributed by atoms with E-state index < -0.39 is 0 Å². The number of nitrogens with two attached hydrogens (primary N) is 1. The third kappa shape index (κ3) is 1.54.